The van der Waals surface area contributed by atoms with E-state index in [2.05, 4.69) is 463 Å². The molecule has 0 amide bonds. The van der Waals surface area contributed by atoms with Gasteiger partial charge in [-0.2, -0.15) is 0 Å². The van der Waals surface area contributed by atoms with Crippen molar-refractivity contribution < 1.29 is 0 Å². The molecule has 16 bridgehead atoms. The van der Waals surface area contributed by atoms with E-state index in [1.54, 1.807) is 0 Å². The van der Waals surface area contributed by atoms with E-state index in [9.17, 15) is 0 Å². The van der Waals surface area contributed by atoms with Gasteiger partial charge >= 0.3 is 0 Å². The molecule has 8 nitrogen and oxygen atoms in total. The molecule has 10 heterocycles. The molecule has 13 aromatic rings. The minimum absolute atomic E-state index is 0.178. The van der Waals surface area contributed by atoms with E-state index in [-0.39, 0.29) is 65.0 Å². The second-order valence-electron chi connectivity index (χ2n) is 51.2. The van der Waals surface area contributed by atoms with Crippen LogP contribution in [-0.2, 0) is 65.0 Å². The summed E-state index contributed by atoms with van der Waals surface area (Å²) in [7, 11) is 0. The fourth-order valence-corrected chi connectivity index (χ4v) is 19.2. The largest absolute Gasteiger partial charge is 0.354 e. The number of nitrogens with one attached hydrogen (secondary N) is 4. The van der Waals surface area contributed by atoms with Crippen molar-refractivity contribution in [2.24, 2.45) is 0 Å². The van der Waals surface area contributed by atoms with E-state index in [1.807, 2.05) is 0 Å². The van der Waals surface area contributed by atoms with E-state index in [1.165, 1.54) is 66.8 Å². The molecular weight excluding hydrogens is 1600 g/mol. The highest BCUT2D eigenvalue weighted by Crippen LogP contribution is 2.51. The van der Waals surface area contributed by atoms with Gasteiger partial charge in [0.1, 0.15) is 0 Å². The Morgan fingerprint density at radius 2 is 0.303 bits per heavy atom. The number of rotatable bonds is 6. The minimum atomic E-state index is -0.225. The molecule has 7 aromatic carbocycles. The number of fused-ring (bicyclic) bond motifs is 18. The standard InChI is InChI=1S/C124H144N8/c1-113(2,3)75-49-69(50-76(61-75)114(4,5)6)103-89-37-39-91(125-89)105(71-53-79(117(13,14)15)63-80(54-71)118(16,17)18)95-45-47-99(129-95)109-110-100-48-46-96(130-100)106(72-55-81(119(19,20)21)64-82(56-72)120(22,23)24)92-40-38-90(126-92)104(70-51-77(115(7,8)9)62-78(52-70)116(10,11)12)94-42-44-98(128-94)108(74-59-85(123(31,32)33)66-86(60-74)124(34,35)36)102-68-88(112(110)132-102)87-67-101(131-111(87)109)107(97-43-41-93(103)127-97)73-57-83(121(25,26)27)65-84(58-73)122(28,29)30/h37-68,125-126,131-132H,1-36H3. The molecule has 680 valence electrons. The number of nitrogens with zero attached hydrogens (tertiary/aromatic N) is 4. The Bertz CT molecular complexity index is 6810. The normalized spacial score (nSPS) is 14.1. The van der Waals surface area contributed by atoms with Gasteiger partial charge in [-0.3, -0.25) is 0 Å². The molecule has 0 saturated heterocycles. The molecule has 17 rings (SSSR count). The van der Waals surface area contributed by atoms with Gasteiger partial charge in [0, 0.05) is 88.0 Å². The van der Waals surface area contributed by atoms with Crippen molar-refractivity contribution in [1.29, 1.82) is 0 Å². The van der Waals surface area contributed by atoms with Gasteiger partial charge in [-0.25, -0.2) is 19.9 Å². The fourth-order valence-electron chi connectivity index (χ4n) is 19.2. The third-order valence-electron chi connectivity index (χ3n) is 28.0. The van der Waals surface area contributed by atoms with Gasteiger partial charge in [-0.15, -0.1) is 0 Å². The number of aromatic amines is 4. The first-order valence-electron chi connectivity index (χ1n) is 48.3. The Labute approximate surface area is 787 Å². The molecule has 4 N–H and O–H groups in total. The number of hydrogen-bond acceptors (Lipinski definition) is 4. The first-order chi connectivity index (χ1) is 60.9. The van der Waals surface area contributed by atoms with Crippen LogP contribution in [0, 0.1) is 0 Å². The lowest BCUT2D eigenvalue weighted by atomic mass is 9.78. The topological polar surface area (TPSA) is 115 Å². The van der Waals surface area contributed by atoms with E-state index in [4.69, 9.17) is 19.9 Å². The zero-order valence-electron chi connectivity index (χ0n) is 86.3. The molecule has 0 unspecified atom stereocenters. The van der Waals surface area contributed by atoms with E-state index >= 15 is 0 Å². The van der Waals surface area contributed by atoms with E-state index < -0.39 is 0 Å². The van der Waals surface area contributed by atoms with Gasteiger partial charge in [-0.05, 0) is 250 Å². The Morgan fingerprint density at radius 1 is 0.159 bits per heavy atom. The second-order valence-corrected chi connectivity index (χ2v) is 51.2. The van der Waals surface area contributed by atoms with Gasteiger partial charge in [0.2, 0.25) is 0 Å². The maximum atomic E-state index is 6.29. The van der Waals surface area contributed by atoms with Crippen LogP contribution in [0.1, 0.15) is 362 Å². The summed E-state index contributed by atoms with van der Waals surface area (Å²) >= 11 is 0. The Balaban J connectivity index is 1.17. The molecule has 0 aliphatic carbocycles. The van der Waals surface area contributed by atoms with Crippen molar-refractivity contribution in [2.75, 3.05) is 0 Å². The Kier molecular flexibility index (Phi) is 21.7. The number of aromatic nitrogens is 8. The second kappa shape index (κ2) is 31.1. The highest BCUT2D eigenvalue weighted by molar-refractivity contribution is 6.29. The van der Waals surface area contributed by atoms with E-state index in [0.29, 0.717) is 0 Å². The predicted molar refractivity (Wildman–Crippen MR) is 574 cm³/mol. The summed E-state index contributed by atoms with van der Waals surface area (Å²) in [6.45, 7) is 84.3. The molecule has 0 radical (unpaired) electrons. The lowest BCUT2D eigenvalue weighted by molar-refractivity contribution is 0.568. The molecule has 0 atom stereocenters. The molecule has 0 saturated carbocycles. The van der Waals surface area contributed by atoms with Gasteiger partial charge in [0.25, 0.3) is 0 Å². The predicted octanol–water partition coefficient (Wildman–Crippen LogP) is 34.9. The molecule has 8 heteroatoms. The molecule has 6 aromatic heterocycles. The maximum Gasteiger partial charge on any atom is 0.0739 e. The number of H-pyrrole nitrogens is 4. The van der Waals surface area contributed by atoms with Crippen LogP contribution in [0.3, 0.4) is 0 Å². The van der Waals surface area contributed by atoms with Crippen molar-refractivity contribution in [3.63, 3.8) is 0 Å². The Morgan fingerprint density at radius 3 is 0.462 bits per heavy atom. The summed E-state index contributed by atoms with van der Waals surface area (Å²) in [4.78, 5) is 42.4. The average Bonchev–Trinajstić information content (AvgIpc) is 1.55. The van der Waals surface area contributed by atoms with Crippen molar-refractivity contribution in [1.82, 2.24) is 39.9 Å². The van der Waals surface area contributed by atoms with Crippen LogP contribution in [0.5, 0.6) is 0 Å². The fraction of sp³-hybridized carbons (Fsp3) is 0.387. The van der Waals surface area contributed by atoms with Crippen molar-refractivity contribution in [2.45, 2.75) is 314 Å². The van der Waals surface area contributed by atoms with Crippen LogP contribution >= 0.6 is 0 Å². The van der Waals surface area contributed by atoms with Crippen molar-refractivity contribution >= 4 is 114 Å². The van der Waals surface area contributed by atoms with Crippen molar-refractivity contribution in [3.05, 3.63) is 258 Å². The molecule has 0 fully saturated rings. The van der Waals surface area contributed by atoms with Crippen LogP contribution in [0.2, 0.25) is 0 Å². The third kappa shape index (κ3) is 17.4. The lowest BCUT2D eigenvalue weighted by Crippen LogP contribution is -2.16. The average molecular weight is 1750 g/mol. The maximum absolute atomic E-state index is 6.29. The monoisotopic (exact) mass is 1750 g/mol. The molecule has 4 aliphatic rings. The van der Waals surface area contributed by atoms with Gasteiger partial charge < -0.3 is 19.9 Å². The van der Waals surface area contributed by atoms with Crippen LogP contribution in [-0.4, -0.2) is 39.9 Å². The molecular formula is C124H144N8. The summed E-state index contributed by atoms with van der Waals surface area (Å²) in [5, 5.41) is 3.89. The van der Waals surface area contributed by atoms with Crippen LogP contribution in [0.4, 0.5) is 0 Å². The van der Waals surface area contributed by atoms with Gasteiger partial charge in [0.15, 0.2) is 0 Å². The zero-order chi connectivity index (χ0) is 95.7. The Hall–Kier alpha value is -11.5. The van der Waals surface area contributed by atoms with E-state index in [0.717, 1.165) is 178 Å². The number of hydrogen-bond donors (Lipinski definition) is 4. The SMILES string of the molecule is CC(C)(C)c1cc(-c2c3nc(c(-c4cc(C(C)(C)C)cc(C(C)(C)C)c4)c4cc5c6cc7[nH]c6c(c6nc(c(-c8cc(C(C)(C)C)cc(C(C)(C)C)c8)c8ccc([nH]8)c(-c8cc(C(C)(C)C)cc(C(C)(C)C)c8)c8nc(c7-c7cc(C(C)(C)C)cc(C(C)(C)C)c7)C=C8)C=C6)c(c6nc(c(-c7cc(C(C)(C)C)cc(C(C)(C)C)c7)c7ccc2[nH]7)C=C6)c5[nH]4)C=C3)cc(C(C)(C)C)c1. The quantitative estimate of drug-likeness (QED) is 0.133. The minimum Gasteiger partial charge on any atom is -0.354 e. The number of benzene rings is 7. The van der Waals surface area contributed by atoms with Crippen LogP contribution in [0.25, 0.3) is 181 Å². The summed E-state index contributed by atoms with van der Waals surface area (Å²) in [6.07, 6.45) is 18.3. The molecule has 4 aliphatic heterocycles. The zero-order valence-corrected chi connectivity index (χ0v) is 86.3. The van der Waals surface area contributed by atoms with Gasteiger partial charge in [-0.1, -0.05) is 358 Å². The highest BCUT2D eigenvalue weighted by atomic mass is 14.8. The lowest BCUT2D eigenvalue weighted by Gasteiger charge is -2.26. The smallest absolute Gasteiger partial charge is 0.0739 e. The first kappa shape index (κ1) is 92.4. The summed E-state index contributed by atoms with van der Waals surface area (Å²) in [5.74, 6) is 0. The van der Waals surface area contributed by atoms with Crippen LogP contribution < -0.4 is 0 Å². The summed E-state index contributed by atoms with van der Waals surface area (Å²) in [5.41, 5.74) is 39.4. The highest BCUT2D eigenvalue weighted by Gasteiger charge is 2.34. The third-order valence-corrected chi connectivity index (χ3v) is 28.0. The van der Waals surface area contributed by atoms with Crippen LogP contribution in [0.15, 0.2) is 146 Å². The van der Waals surface area contributed by atoms with Gasteiger partial charge in [0.05, 0.1) is 56.6 Å². The molecule has 132 heavy (non-hydrogen) atoms. The molecule has 0 spiro atoms. The summed E-state index contributed by atoms with van der Waals surface area (Å²) in [6, 6.07) is 58.0. The van der Waals surface area contributed by atoms with Crippen molar-refractivity contribution in [3.8, 4) is 66.8 Å². The first-order valence-corrected chi connectivity index (χ1v) is 48.3. The summed E-state index contributed by atoms with van der Waals surface area (Å²) < 4.78 is 0.